The van der Waals surface area contributed by atoms with Crippen molar-refractivity contribution >= 4 is 40.9 Å². The van der Waals surface area contributed by atoms with Crippen LogP contribution in [0.3, 0.4) is 0 Å². The summed E-state index contributed by atoms with van der Waals surface area (Å²) in [4.78, 5) is 18.6. The fraction of sp³-hybridized carbons (Fsp3) is 0.364. The molecular weight excluding hydrogens is 432 g/mol. The molecule has 9 heteroatoms. The second-order valence-electron chi connectivity index (χ2n) is 7.15. The molecule has 2 aliphatic rings. The van der Waals surface area contributed by atoms with Crippen LogP contribution in [0.5, 0.6) is 0 Å². The van der Waals surface area contributed by atoms with Crippen molar-refractivity contribution in [2.75, 3.05) is 25.4 Å². The van der Waals surface area contributed by atoms with Crippen LogP contribution in [0.15, 0.2) is 52.4 Å². The van der Waals surface area contributed by atoms with E-state index in [1.54, 1.807) is 40.9 Å². The number of nitrogens with one attached hydrogen (secondary N) is 3. The lowest BCUT2D eigenvalue weighted by molar-refractivity contribution is -0.128. The highest BCUT2D eigenvalue weighted by molar-refractivity contribution is 8.02. The van der Waals surface area contributed by atoms with Gasteiger partial charge in [0.15, 0.2) is 6.19 Å². The van der Waals surface area contributed by atoms with Gasteiger partial charge in [0.2, 0.25) is 11.9 Å². The first-order valence-corrected chi connectivity index (χ1v) is 11.6. The Morgan fingerprint density at radius 3 is 2.84 bits per heavy atom. The van der Waals surface area contributed by atoms with Crippen LogP contribution in [0, 0.1) is 16.9 Å². The van der Waals surface area contributed by atoms with Gasteiger partial charge in [-0.1, -0.05) is 35.9 Å². The fourth-order valence-electron chi connectivity index (χ4n) is 3.46. The molecule has 1 unspecified atom stereocenters. The van der Waals surface area contributed by atoms with Crippen molar-refractivity contribution in [2.24, 2.45) is 4.99 Å². The second-order valence-corrected chi connectivity index (χ2v) is 8.52. The molecule has 1 aromatic carbocycles. The average molecular weight is 457 g/mol. The van der Waals surface area contributed by atoms with E-state index in [0.29, 0.717) is 41.8 Å². The summed E-state index contributed by atoms with van der Waals surface area (Å²) < 4.78 is 0. The van der Waals surface area contributed by atoms with Crippen LogP contribution >= 0.6 is 23.4 Å². The third-order valence-electron chi connectivity index (χ3n) is 5.10. The first-order chi connectivity index (χ1) is 15.1. The smallest absolute Gasteiger partial charge is 0.223 e. The molecule has 0 aromatic heterocycles. The van der Waals surface area contributed by atoms with Gasteiger partial charge >= 0.3 is 0 Å². The van der Waals surface area contributed by atoms with E-state index in [0.717, 1.165) is 18.6 Å². The molecule has 0 aliphatic carbocycles. The van der Waals surface area contributed by atoms with Crippen molar-refractivity contribution in [1.29, 1.82) is 10.7 Å². The van der Waals surface area contributed by atoms with Crippen molar-refractivity contribution < 1.29 is 4.79 Å². The van der Waals surface area contributed by atoms with Crippen LogP contribution in [0.1, 0.15) is 24.8 Å². The minimum atomic E-state index is -0.505. The van der Waals surface area contributed by atoms with Gasteiger partial charge in [0.25, 0.3) is 0 Å². The number of benzene rings is 1. The Hall–Kier alpha value is -2.76. The molecule has 0 spiro atoms. The summed E-state index contributed by atoms with van der Waals surface area (Å²) in [5, 5.41) is 26.2. The number of guanidine groups is 1. The van der Waals surface area contributed by atoms with Gasteiger partial charge in [-0.05, 0) is 41.5 Å². The minimum absolute atomic E-state index is 0.0237. The molecule has 2 heterocycles. The molecule has 0 bridgehead atoms. The van der Waals surface area contributed by atoms with E-state index in [2.05, 4.69) is 33.2 Å². The standard InChI is InChI=1S/C22H25ClN6OS/c23-18-5-3-17(4-6-18)21(25)19(29-11-1-2-20(29)30)14-27-22(28-15-24)26-10-7-16-8-12-31-13-9-16/h3-6,8-9,12,19,25H,1-2,7,10-11,13-14H2,(H2,26,27,28). The summed E-state index contributed by atoms with van der Waals surface area (Å²) in [5.74, 6) is 1.34. The molecule has 1 aromatic rings. The van der Waals surface area contributed by atoms with Gasteiger partial charge in [0, 0.05) is 30.3 Å². The zero-order valence-electron chi connectivity index (χ0n) is 17.1. The number of hydrogen-bond donors (Lipinski definition) is 3. The Morgan fingerprint density at radius 1 is 1.39 bits per heavy atom. The van der Waals surface area contributed by atoms with Gasteiger partial charge in [0.1, 0.15) is 0 Å². The normalized spacial score (nSPS) is 17.2. The lowest BCUT2D eigenvalue weighted by Crippen LogP contribution is -2.45. The molecule has 3 rings (SSSR count). The summed E-state index contributed by atoms with van der Waals surface area (Å²) in [5.41, 5.74) is 2.25. The Kier molecular flexibility index (Phi) is 8.56. The molecule has 0 saturated carbocycles. The maximum Gasteiger partial charge on any atom is 0.223 e. The Labute approximate surface area is 191 Å². The van der Waals surface area contributed by atoms with Gasteiger partial charge < -0.3 is 15.6 Å². The second kappa shape index (κ2) is 11.6. The summed E-state index contributed by atoms with van der Waals surface area (Å²) in [6.07, 6.45) is 8.25. The summed E-state index contributed by atoms with van der Waals surface area (Å²) >= 11 is 7.73. The number of aliphatic imine (C=N–C) groups is 1. The van der Waals surface area contributed by atoms with Crippen LogP contribution in [0.4, 0.5) is 0 Å². The van der Waals surface area contributed by atoms with Crippen LogP contribution in [0.25, 0.3) is 0 Å². The number of nitriles is 1. The predicted octanol–water partition coefficient (Wildman–Crippen LogP) is 3.29. The van der Waals surface area contributed by atoms with Crippen LogP contribution in [0.2, 0.25) is 5.02 Å². The van der Waals surface area contributed by atoms with E-state index < -0.39 is 6.04 Å². The molecule has 1 fully saturated rings. The monoisotopic (exact) mass is 456 g/mol. The van der Waals surface area contributed by atoms with Crippen molar-refractivity contribution in [3.8, 4) is 6.19 Å². The first kappa shape index (κ1) is 22.9. The molecule has 31 heavy (non-hydrogen) atoms. The number of allylic oxidation sites excluding steroid dienone is 1. The van der Waals surface area contributed by atoms with E-state index in [-0.39, 0.29) is 12.5 Å². The number of nitrogens with zero attached hydrogens (tertiary/aromatic N) is 3. The number of carbonyl (C=O) groups is 1. The van der Waals surface area contributed by atoms with Gasteiger partial charge in [-0.25, -0.2) is 4.99 Å². The summed E-state index contributed by atoms with van der Waals surface area (Å²) in [6, 6.07) is 6.51. The van der Waals surface area contributed by atoms with E-state index in [9.17, 15) is 4.79 Å². The maximum absolute atomic E-state index is 12.4. The lowest BCUT2D eigenvalue weighted by Gasteiger charge is -2.27. The van der Waals surface area contributed by atoms with Gasteiger partial charge in [-0.3, -0.25) is 10.1 Å². The Morgan fingerprint density at radius 2 is 2.19 bits per heavy atom. The molecule has 1 atom stereocenters. The lowest BCUT2D eigenvalue weighted by atomic mass is 10.0. The van der Waals surface area contributed by atoms with E-state index in [4.69, 9.17) is 22.3 Å². The zero-order chi connectivity index (χ0) is 22.1. The highest BCUT2D eigenvalue weighted by atomic mass is 35.5. The van der Waals surface area contributed by atoms with Crippen LogP contribution in [-0.2, 0) is 4.79 Å². The highest BCUT2D eigenvalue weighted by Crippen LogP contribution is 2.19. The first-order valence-electron chi connectivity index (χ1n) is 10.1. The summed E-state index contributed by atoms with van der Waals surface area (Å²) in [6.45, 7) is 1.40. The molecule has 1 saturated heterocycles. The number of rotatable bonds is 8. The van der Waals surface area contributed by atoms with Gasteiger partial charge in [0.05, 0.1) is 18.3 Å². The van der Waals surface area contributed by atoms with Gasteiger partial charge in [-0.2, -0.15) is 5.26 Å². The number of carbonyl (C=O) groups excluding carboxylic acids is 1. The predicted molar refractivity (Wildman–Crippen MR) is 126 cm³/mol. The van der Waals surface area contributed by atoms with E-state index in [1.165, 1.54) is 5.57 Å². The number of hydrogen-bond acceptors (Lipinski definition) is 5. The number of amides is 1. The zero-order valence-corrected chi connectivity index (χ0v) is 18.7. The van der Waals surface area contributed by atoms with Crippen molar-refractivity contribution in [1.82, 2.24) is 15.5 Å². The number of likely N-dealkylation sites (tertiary alicyclic amines) is 1. The maximum atomic E-state index is 12.4. The molecule has 0 radical (unpaired) electrons. The highest BCUT2D eigenvalue weighted by Gasteiger charge is 2.31. The average Bonchev–Trinajstić information content (AvgIpc) is 3.20. The molecule has 1 amide bonds. The van der Waals surface area contributed by atoms with Gasteiger partial charge in [-0.15, -0.1) is 11.8 Å². The Balaban J connectivity index is 1.70. The van der Waals surface area contributed by atoms with Crippen LogP contribution in [-0.4, -0.2) is 53.9 Å². The Bertz CT molecular complexity index is 934. The summed E-state index contributed by atoms with van der Waals surface area (Å²) in [7, 11) is 0. The van der Waals surface area contributed by atoms with E-state index >= 15 is 0 Å². The molecule has 7 nitrogen and oxygen atoms in total. The largest absolute Gasteiger partial charge is 0.355 e. The SMILES string of the molecule is N#CNC(=NCC(C(=N)c1ccc(Cl)cc1)N1CCCC1=O)NCCC1=CCSC=C1. The quantitative estimate of drug-likeness (QED) is 0.241. The topological polar surface area (TPSA) is 104 Å². The third-order valence-corrected chi connectivity index (χ3v) is 6.04. The van der Waals surface area contributed by atoms with E-state index in [1.807, 2.05) is 6.19 Å². The van der Waals surface area contributed by atoms with Crippen molar-refractivity contribution in [3.63, 3.8) is 0 Å². The molecular formula is C22H25ClN6OS. The van der Waals surface area contributed by atoms with Crippen molar-refractivity contribution in [2.45, 2.75) is 25.3 Å². The minimum Gasteiger partial charge on any atom is -0.355 e. The fourth-order valence-corrected chi connectivity index (χ4v) is 4.28. The molecule has 162 valence electrons. The number of halogens is 1. The molecule has 2 aliphatic heterocycles. The molecule has 3 N–H and O–H groups in total. The third kappa shape index (κ3) is 6.61. The van der Waals surface area contributed by atoms with Crippen molar-refractivity contribution in [3.05, 3.63) is 58.0 Å². The number of thioether (sulfide) groups is 1. The van der Waals surface area contributed by atoms with Crippen LogP contribution < -0.4 is 10.6 Å².